The Morgan fingerprint density at radius 3 is 2.58 bits per heavy atom. The van der Waals surface area contributed by atoms with Crippen LogP contribution in [0.25, 0.3) is 0 Å². The number of alkyl halides is 3. The van der Waals surface area contributed by atoms with Crippen LogP contribution >= 0.6 is 11.3 Å². The zero-order valence-electron chi connectivity index (χ0n) is 14.0. The first-order chi connectivity index (χ1) is 12.5. The van der Waals surface area contributed by atoms with Crippen molar-refractivity contribution in [3.05, 3.63) is 57.8 Å². The number of carbonyl (C=O) groups excluding carboxylic acids is 1. The molecular weight excluding hydrogens is 365 g/mol. The maximum Gasteiger partial charge on any atom is 0.417 e. The summed E-state index contributed by atoms with van der Waals surface area (Å²) in [5, 5.41) is 4.63. The number of hydrogen-bond donors (Lipinski definition) is 1. The molecule has 0 radical (unpaired) electrons. The molecule has 0 aliphatic carbocycles. The lowest BCUT2D eigenvalue weighted by molar-refractivity contribution is -0.137. The molecule has 4 nitrogen and oxygen atoms in total. The first-order valence-electron chi connectivity index (χ1n) is 8.26. The van der Waals surface area contributed by atoms with Gasteiger partial charge in [0.25, 0.3) is 5.91 Å². The number of rotatable bonds is 5. The lowest BCUT2D eigenvalue weighted by atomic mass is 10.1. The summed E-state index contributed by atoms with van der Waals surface area (Å²) in [6, 6.07) is 8.65. The summed E-state index contributed by atoms with van der Waals surface area (Å²) in [4.78, 5) is 15.7. The first kappa shape index (κ1) is 18.9. The van der Waals surface area contributed by atoms with Gasteiger partial charge in [0.05, 0.1) is 30.4 Å². The van der Waals surface area contributed by atoms with Crippen LogP contribution in [-0.4, -0.2) is 43.7 Å². The summed E-state index contributed by atoms with van der Waals surface area (Å²) in [6.07, 6.45) is -4.56. The van der Waals surface area contributed by atoms with Crippen molar-refractivity contribution >= 4 is 17.2 Å². The third-order valence-electron chi connectivity index (χ3n) is 4.29. The van der Waals surface area contributed by atoms with E-state index in [9.17, 15) is 18.0 Å². The Bertz CT molecular complexity index is 728. The van der Waals surface area contributed by atoms with E-state index >= 15 is 0 Å². The van der Waals surface area contributed by atoms with Crippen LogP contribution in [0.15, 0.2) is 41.8 Å². The van der Waals surface area contributed by atoms with E-state index in [0.29, 0.717) is 13.2 Å². The van der Waals surface area contributed by atoms with Gasteiger partial charge >= 0.3 is 6.18 Å². The number of hydrogen-bond acceptors (Lipinski definition) is 4. The second-order valence-electron chi connectivity index (χ2n) is 5.93. The van der Waals surface area contributed by atoms with Crippen molar-refractivity contribution in [2.24, 2.45) is 0 Å². The van der Waals surface area contributed by atoms with E-state index in [1.54, 1.807) is 11.3 Å². The molecule has 2 aromatic rings. The van der Waals surface area contributed by atoms with E-state index in [1.165, 1.54) is 18.2 Å². The van der Waals surface area contributed by atoms with E-state index < -0.39 is 17.6 Å². The molecule has 1 amide bonds. The number of halogens is 3. The molecule has 8 heteroatoms. The van der Waals surface area contributed by atoms with Gasteiger partial charge in [-0.15, -0.1) is 11.3 Å². The Morgan fingerprint density at radius 1 is 1.19 bits per heavy atom. The van der Waals surface area contributed by atoms with Crippen molar-refractivity contribution in [1.82, 2.24) is 10.2 Å². The van der Waals surface area contributed by atoms with E-state index in [0.717, 1.165) is 24.0 Å². The Hall–Kier alpha value is -1.90. The van der Waals surface area contributed by atoms with Gasteiger partial charge in [-0.25, -0.2) is 0 Å². The van der Waals surface area contributed by atoms with Crippen LogP contribution in [0.3, 0.4) is 0 Å². The van der Waals surface area contributed by atoms with Crippen LogP contribution in [0.4, 0.5) is 13.2 Å². The fourth-order valence-electron chi connectivity index (χ4n) is 2.99. The molecule has 0 bridgehead atoms. The highest BCUT2D eigenvalue weighted by molar-refractivity contribution is 7.10. The minimum Gasteiger partial charge on any atom is -0.379 e. The van der Waals surface area contributed by atoms with Crippen LogP contribution in [0.5, 0.6) is 0 Å². The summed E-state index contributed by atoms with van der Waals surface area (Å²) in [5.74, 6) is -0.715. The largest absolute Gasteiger partial charge is 0.417 e. The molecule has 1 atom stereocenters. The van der Waals surface area contributed by atoms with Crippen LogP contribution in [0.1, 0.15) is 26.8 Å². The molecule has 1 aromatic heterocycles. The van der Waals surface area contributed by atoms with Crippen LogP contribution in [0, 0.1) is 0 Å². The molecule has 1 saturated heterocycles. The summed E-state index contributed by atoms with van der Waals surface area (Å²) in [6.45, 7) is 2.89. The predicted molar refractivity (Wildman–Crippen MR) is 93.2 cm³/mol. The Morgan fingerprint density at radius 2 is 1.92 bits per heavy atom. The molecule has 0 spiro atoms. The van der Waals surface area contributed by atoms with Gasteiger partial charge in [0.15, 0.2) is 0 Å². The monoisotopic (exact) mass is 384 g/mol. The third kappa shape index (κ3) is 4.44. The number of nitrogens with one attached hydrogen (secondary N) is 1. The Labute approximate surface area is 153 Å². The third-order valence-corrected chi connectivity index (χ3v) is 5.26. The van der Waals surface area contributed by atoms with Gasteiger partial charge < -0.3 is 10.1 Å². The molecule has 2 heterocycles. The number of nitrogens with zero attached hydrogens (tertiary/aromatic N) is 1. The summed E-state index contributed by atoms with van der Waals surface area (Å²) in [7, 11) is 0. The van der Waals surface area contributed by atoms with Gasteiger partial charge in [-0.2, -0.15) is 13.2 Å². The molecule has 1 fully saturated rings. The van der Waals surface area contributed by atoms with Crippen LogP contribution in [-0.2, 0) is 10.9 Å². The SMILES string of the molecule is O=C(NC[C@@H](c1cccs1)N1CCOCC1)c1ccccc1C(F)(F)F. The lowest BCUT2D eigenvalue weighted by Gasteiger charge is -2.34. The van der Waals surface area contributed by atoms with Crippen molar-refractivity contribution in [2.75, 3.05) is 32.8 Å². The van der Waals surface area contributed by atoms with E-state index in [-0.39, 0.29) is 18.2 Å². The lowest BCUT2D eigenvalue weighted by Crippen LogP contribution is -2.43. The fraction of sp³-hybridized carbons (Fsp3) is 0.389. The Balaban J connectivity index is 1.74. The van der Waals surface area contributed by atoms with Crippen molar-refractivity contribution in [3.63, 3.8) is 0 Å². The molecule has 1 N–H and O–H groups in total. The molecule has 1 aliphatic heterocycles. The number of amides is 1. The molecular formula is C18H19F3N2O2S. The number of benzene rings is 1. The maximum atomic E-state index is 13.1. The number of ether oxygens (including phenoxy) is 1. The van der Waals surface area contributed by atoms with Crippen molar-refractivity contribution in [2.45, 2.75) is 12.2 Å². The van der Waals surface area contributed by atoms with Gasteiger partial charge in [-0.05, 0) is 23.6 Å². The molecule has 0 unspecified atom stereocenters. The molecule has 1 aromatic carbocycles. The number of carbonyl (C=O) groups is 1. The fourth-order valence-corrected chi connectivity index (χ4v) is 3.85. The number of thiophene rings is 1. The average Bonchev–Trinajstić information content (AvgIpc) is 3.16. The van der Waals surface area contributed by atoms with Crippen molar-refractivity contribution < 1.29 is 22.7 Å². The minimum absolute atomic E-state index is 0.0825. The van der Waals surface area contributed by atoms with Gasteiger partial charge in [-0.1, -0.05) is 18.2 Å². The molecule has 1 aliphatic rings. The quantitative estimate of drug-likeness (QED) is 0.857. The maximum absolute atomic E-state index is 13.1. The van der Waals surface area contributed by atoms with Gasteiger partial charge in [-0.3, -0.25) is 9.69 Å². The van der Waals surface area contributed by atoms with Crippen LogP contribution < -0.4 is 5.32 Å². The highest BCUT2D eigenvalue weighted by Crippen LogP contribution is 2.32. The topological polar surface area (TPSA) is 41.6 Å². The summed E-state index contributed by atoms with van der Waals surface area (Å²) >= 11 is 1.57. The summed E-state index contributed by atoms with van der Waals surface area (Å²) < 4.78 is 44.7. The highest BCUT2D eigenvalue weighted by atomic mass is 32.1. The average molecular weight is 384 g/mol. The van der Waals surface area contributed by atoms with E-state index in [4.69, 9.17) is 4.74 Å². The minimum atomic E-state index is -4.56. The second-order valence-corrected chi connectivity index (χ2v) is 6.91. The van der Waals surface area contributed by atoms with Crippen molar-refractivity contribution in [3.8, 4) is 0 Å². The zero-order valence-corrected chi connectivity index (χ0v) is 14.8. The second kappa shape index (κ2) is 8.20. The van der Waals surface area contributed by atoms with Gasteiger partial charge in [0.1, 0.15) is 0 Å². The van der Waals surface area contributed by atoms with Crippen molar-refractivity contribution in [1.29, 1.82) is 0 Å². The van der Waals surface area contributed by atoms with Gasteiger partial charge in [0.2, 0.25) is 0 Å². The van der Waals surface area contributed by atoms with E-state index in [2.05, 4.69) is 10.2 Å². The predicted octanol–water partition coefficient (Wildman–Crippen LogP) is 3.57. The highest BCUT2D eigenvalue weighted by Gasteiger charge is 2.35. The van der Waals surface area contributed by atoms with Crippen LogP contribution in [0.2, 0.25) is 0 Å². The first-order valence-corrected chi connectivity index (χ1v) is 9.14. The zero-order chi connectivity index (χ0) is 18.6. The normalized spacial score (nSPS) is 17.0. The molecule has 3 rings (SSSR count). The Kier molecular flexibility index (Phi) is 5.95. The van der Waals surface area contributed by atoms with Gasteiger partial charge in [0, 0.05) is 24.5 Å². The molecule has 26 heavy (non-hydrogen) atoms. The standard InChI is InChI=1S/C18H19F3N2O2S/c19-18(20,21)14-5-2-1-4-13(14)17(24)22-12-15(16-6-3-11-26-16)23-7-9-25-10-8-23/h1-6,11,15H,7-10,12H2,(H,22,24)/t15-/m0/s1. The molecule has 0 saturated carbocycles. The smallest absolute Gasteiger partial charge is 0.379 e. The summed E-state index contributed by atoms with van der Waals surface area (Å²) in [5.41, 5.74) is -1.27. The molecule has 140 valence electrons. The number of morpholine rings is 1. The van der Waals surface area contributed by atoms with E-state index in [1.807, 2.05) is 17.5 Å².